The Hall–Kier alpha value is -1.59. The second-order valence-electron chi connectivity index (χ2n) is 6.93. The molecule has 3 rings (SSSR count). The maximum atomic E-state index is 12.6. The van der Waals surface area contributed by atoms with Crippen LogP contribution in [0.3, 0.4) is 0 Å². The van der Waals surface area contributed by atoms with Crippen LogP contribution in [0.4, 0.5) is 13.2 Å². The standard InChI is InChI=1S/C17H21F3N2O/c1-9-13(5-6-15(21-9)17(18,19)20)16(23)22-10(2)14-8-11-3-4-12(14)7-11/h5-6,10-12,14H,3-4,7-8H2,1-2H3,(H,22,23)/t10-,11-,12-,14+/m0/s1. The molecule has 126 valence electrons. The summed E-state index contributed by atoms with van der Waals surface area (Å²) in [7, 11) is 0. The number of amides is 1. The van der Waals surface area contributed by atoms with Gasteiger partial charge in [-0.25, -0.2) is 4.98 Å². The molecule has 1 aromatic heterocycles. The van der Waals surface area contributed by atoms with E-state index in [0.29, 0.717) is 11.8 Å². The number of aromatic nitrogens is 1. The second kappa shape index (κ2) is 5.80. The Labute approximate surface area is 133 Å². The predicted molar refractivity (Wildman–Crippen MR) is 79.8 cm³/mol. The Balaban J connectivity index is 1.68. The van der Waals surface area contributed by atoms with Crippen LogP contribution < -0.4 is 5.32 Å². The number of carbonyl (C=O) groups is 1. The number of hydrogen-bond acceptors (Lipinski definition) is 2. The molecule has 0 radical (unpaired) electrons. The molecule has 2 aliphatic carbocycles. The number of fused-ring (bicyclic) bond motifs is 2. The summed E-state index contributed by atoms with van der Waals surface area (Å²) in [6.45, 7) is 3.43. The van der Waals surface area contributed by atoms with Crippen molar-refractivity contribution in [2.45, 2.75) is 51.7 Å². The molecule has 2 aliphatic rings. The van der Waals surface area contributed by atoms with E-state index in [1.54, 1.807) is 0 Å². The van der Waals surface area contributed by atoms with Crippen LogP contribution in [-0.4, -0.2) is 16.9 Å². The van der Waals surface area contributed by atoms with Crippen molar-refractivity contribution in [3.05, 3.63) is 29.1 Å². The summed E-state index contributed by atoms with van der Waals surface area (Å²) in [4.78, 5) is 15.9. The van der Waals surface area contributed by atoms with Gasteiger partial charge in [-0.15, -0.1) is 0 Å². The molecule has 0 spiro atoms. The predicted octanol–water partition coefficient (Wildman–Crippen LogP) is 3.96. The second-order valence-corrected chi connectivity index (χ2v) is 6.93. The summed E-state index contributed by atoms with van der Waals surface area (Å²) in [6.07, 6.45) is 0.443. The highest BCUT2D eigenvalue weighted by atomic mass is 19.4. The fourth-order valence-corrected chi connectivity index (χ4v) is 4.26. The first kappa shape index (κ1) is 16.3. The number of halogens is 3. The van der Waals surface area contributed by atoms with E-state index in [-0.39, 0.29) is 23.2 Å². The van der Waals surface area contributed by atoms with Crippen molar-refractivity contribution in [3.63, 3.8) is 0 Å². The van der Waals surface area contributed by atoms with Gasteiger partial charge in [0.15, 0.2) is 0 Å². The van der Waals surface area contributed by atoms with Crippen molar-refractivity contribution in [1.82, 2.24) is 10.3 Å². The molecule has 0 unspecified atom stereocenters. The maximum Gasteiger partial charge on any atom is 0.433 e. The van der Waals surface area contributed by atoms with Gasteiger partial charge in [0.1, 0.15) is 5.69 Å². The van der Waals surface area contributed by atoms with E-state index in [0.717, 1.165) is 18.4 Å². The van der Waals surface area contributed by atoms with Crippen molar-refractivity contribution in [3.8, 4) is 0 Å². The number of hydrogen-bond donors (Lipinski definition) is 1. The lowest BCUT2D eigenvalue weighted by molar-refractivity contribution is -0.141. The zero-order valence-corrected chi connectivity index (χ0v) is 13.3. The van der Waals surface area contributed by atoms with Gasteiger partial charge < -0.3 is 5.32 Å². The highest BCUT2D eigenvalue weighted by Crippen LogP contribution is 2.49. The first-order valence-corrected chi connectivity index (χ1v) is 8.11. The summed E-state index contributed by atoms with van der Waals surface area (Å²) < 4.78 is 37.9. The highest BCUT2D eigenvalue weighted by Gasteiger charge is 2.42. The van der Waals surface area contributed by atoms with Gasteiger partial charge in [0.2, 0.25) is 0 Å². The summed E-state index contributed by atoms with van der Waals surface area (Å²) in [5.74, 6) is 1.63. The lowest BCUT2D eigenvalue weighted by Crippen LogP contribution is -2.40. The molecular weight excluding hydrogens is 305 g/mol. The van der Waals surface area contributed by atoms with E-state index in [2.05, 4.69) is 10.3 Å². The summed E-state index contributed by atoms with van der Waals surface area (Å²) in [6, 6.07) is 2.12. The third-order valence-corrected chi connectivity index (χ3v) is 5.41. The molecule has 4 atom stereocenters. The minimum absolute atomic E-state index is 0.0412. The molecule has 1 N–H and O–H groups in total. The molecule has 1 aromatic rings. The Morgan fingerprint density at radius 1 is 1.30 bits per heavy atom. The zero-order chi connectivity index (χ0) is 16.8. The fraction of sp³-hybridized carbons (Fsp3) is 0.647. The lowest BCUT2D eigenvalue weighted by Gasteiger charge is -2.28. The SMILES string of the molecule is Cc1nc(C(F)(F)F)ccc1C(=O)N[C@@H](C)[C@H]1C[C@H]2CC[C@H]1C2. The number of aryl methyl sites for hydroxylation is 1. The minimum atomic E-state index is -4.49. The minimum Gasteiger partial charge on any atom is -0.349 e. The number of rotatable bonds is 3. The molecule has 2 bridgehead atoms. The Morgan fingerprint density at radius 2 is 2.04 bits per heavy atom. The van der Waals surface area contributed by atoms with Crippen LogP contribution in [0.25, 0.3) is 0 Å². The molecule has 2 fully saturated rings. The Kier molecular flexibility index (Phi) is 4.10. The van der Waals surface area contributed by atoms with Crippen molar-refractivity contribution < 1.29 is 18.0 Å². The van der Waals surface area contributed by atoms with Crippen LogP contribution >= 0.6 is 0 Å². The quantitative estimate of drug-likeness (QED) is 0.913. The number of pyridine rings is 1. The average molecular weight is 326 g/mol. The smallest absolute Gasteiger partial charge is 0.349 e. The lowest BCUT2D eigenvalue weighted by atomic mass is 9.84. The maximum absolute atomic E-state index is 12.6. The van der Waals surface area contributed by atoms with E-state index in [1.165, 1.54) is 32.3 Å². The average Bonchev–Trinajstić information content (AvgIpc) is 3.08. The molecule has 0 saturated heterocycles. The largest absolute Gasteiger partial charge is 0.433 e. The molecule has 1 heterocycles. The van der Waals surface area contributed by atoms with E-state index in [1.807, 2.05) is 6.92 Å². The molecular formula is C17H21F3N2O. The van der Waals surface area contributed by atoms with Crippen molar-refractivity contribution in [2.24, 2.45) is 17.8 Å². The molecule has 0 aromatic carbocycles. The first-order valence-electron chi connectivity index (χ1n) is 8.11. The van der Waals surface area contributed by atoms with Gasteiger partial charge in [-0.2, -0.15) is 13.2 Å². The van der Waals surface area contributed by atoms with Gasteiger partial charge in [0.05, 0.1) is 11.3 Å². The highest BCUT2D eigenvalue weighted by molar-refractivity contribution is 5.95. The van der Waals surface area contributed by atoms with E-state index < -0.39 is 11.9 Å². The van der Waals surface area contributed by atoms with Crippen LogP contribution in [0.5, 0.6) is 0 Å². The van der Waals surface area contributed by atoms with E-state index >= 15 is 0 Å². The molecule has 0 aliphatic heterocycles. The summed E-state index contributed by atoms with van der Waals surface area (Å²) in [5.41, 5.74) is -0.641. The monoisotopic (exact) mass is 326 g/mol. The number of alkyl halides is 3. The third kappa shape index (κ3) is 3.21. The van der Waals surface area contributed by atoms with Crippen molar-refractivity contribution in [1.29, 1.82) is 0 Å². The number of carbonyl (C=O) groups excluding carboxylic acids is 1. The molecule has 3 nitrogen and oxygen atoms in total. The summed E-state index contributed by atoms with van der Waals surface area (Å²) in [5, 5.41) is 2.96. The molecule has 23 heavy (non-hydrogen) atoms. The molecule has 6 heteroatoms. The normalized spacial score (nSPS) is 28.0. The van der Waals surface area contributed by atoms with Gasteiger partial charge in [0, 0.05) is 6.04 Å². The van der Waals surface area contributed by atoms with Crippen LogP contribution in [0.15, 0.2) is 12.1 Å². The van der Waals surface area contributed by atoms with Crippen molar-refractivity contribution >= 4 is 5.91 Å². The number of nitrogens with zero attached hydrogens (tertiary/aromatic N) is 1. The Morgan fingerprint density at radius 3 is 2.57 bits per heavy atom. The van der Waals surface area contributed by atoms with E-state index in [4.69, 9.17) is 0 Å². The van der Waals surface area contributed by atoms with Crippen LogP contribution in [-0.2, 0) is 6.18 Å². The fourth-order valence-electron chi connectivity index (χ4n) is 4.26. The first-order chi connectivity index (χ1) is 10.8. The van der Waals surface area contributed by atoms with E-state index in [9.17, 15) is 18.0 Å². The third-order valence-electron chi connectivity index (χ3n) is 5.41. The van der Waals surface area contributed by atoms with Gasteiger partial charge >= 0.3 is 6.18 Å². The molecule has 2 saturated carbocycles. The van der Waals surface area contributed by atoms with Crippen molar-refractivity contribution in [2.75, 3.05) is 0 Å². The molecule has 1 amide bonds. The van der Waals surface area contributed by atoms with Gasteiger partial charge in [-0.1, -0.05) is 6.42 Å². The number of nitrogens with one attached hydrogen (secondary N) is 1. The van der Waals surface area contributed by atoms with Gasteiger partial charge in [0.25, 0.3) is 5.91 Å². The van der Waals surface area contributed by atoms with Gasteiger partial charge in [-0.3, -0.25) is 4.79 Å². The topological polar surface area (TPSA) is 42.0 Å². The Bertz CT molecular complexity index is 614. The zero-order valence-electron chi connectivity index (χ0n) is 13.3. The van der Waals surface area contributed by atoms with Crippen LogP contribution in [0.2, 0.25) is 0 Å². The summed E-state index contributed by atoms with van der Waals surface area (Å²) >= 11 is 0. The van der Waals surface area contributed by atoms with Crippen LogP contribution in [0.1, 0.15) is 54.4 Å². The van der Waals surface area contributed by atoms with Gasteiger partial charge in [-0.05, 0) is 63.0 Å². The van der Waals surface area contributed by atoms with Crippen LogP contribution in [0, 0.1) is 24.7 Å².